The summed E-state index contributed by atoms with van der Waals surface area (Å²) >= 11 is 0. The maximum atomic E-state index is 5.29. The van der Waals surface area contributed by atoms with E-state index in [1.54, 1.807) is 6.26 Å². The van der Waals surface area contributed by atoms with Gasteiger partial charge in [0.05, 0.1) is 23.8 Å². The molecule has 0 saturated heterocycles. The summed E-state index contributed by atoms with van der Waals surface area (Å²) in [7, 11) is 0. The molecule has 4 heteroatoms. The standard InChI is InChI=1S/C16H19N3O/c1-13-18-15-7-2-3-8-16(15)19(13)10-5-9-17-12-14-6-4-11-20-14/h2-4,6-8,11,17H,5,9-10,12H2,1H3. The Balaban J connectivity index is 1.53. The number of aromatic nitrogens is 2. The van der Waals surface area contributed by atoms with Gasteiger partial charge in [-0.3, -0.25) is 0 Å². The van der Waals surface area contributed by atoms with Crippen LogP contribution in [0.25, 0.3) is 11.0 Å². The number of para-hydroxylation sites is 2. The van der Waals surface area contributed by atoms with Crippen molar-refractivity contribution < 1.29 is 4.42 Å². The molecule has 0 aliphatic carbocycles. The summed E-state index contributed by atoms with van der Waals surface area (Å²) in [5.74, 6) is 2.06. The third-order valence-corrected chi connectivity index (χ3v) is 3.46. The van der Waals surface area contributed by atoms with Gasteiger partial charge in [-0.25, -0.2) is 4.98 Å². The Bertz CT molecular complexity index is 670. The summed E-state index contributed by atoms with van der Waals surface area (Å²) in [6.07, 6.45) is 2.78. The molecule has 0 radical (unpaired) electrons. The molecule has 3 rings (SSSR count). The van der Waals surface area contributed by atoms with Gasteiger partial charge in [-0.05, 0) is 44.2 Å². The van der Waals surface area contributed by atoms with Crippen molar-refractivity contribution in [1.29, 1.82) is 0 Å². The second-order valence-electron chi connectivity index (χ2n) is 4.91. The zero-order chi connectivity index (χ0) is 13.8. The van der Waals surface area contributed by atoms with E-state index in [-0.39, 0.29) is 0 Å². The molecule has 0 aliphatic heterocycles. The summed E-state index contributed by atoms with van der Waals surface area (Å²) in [5, 5.41) is 3.39. The molecule has 2 heterocycles. The first-order valence-electron chi connectivity index (χ1n) is 6.99. The topological polar surface area (TPSA) is 43.0 Å². The minimum absolute atomic E-state index is 0.788. The quantitative estimate of drug-likeness (QED) is 0.699. The number of aryl methyl sites for hydroxylation is 2. The number of hydrogen-bond acceptors (Lipinski definition) is 3. The molecule has 1 aromatic carbocycles. The number of nitrogens with zero attached hydrogens (tertiary/aromatic N) is 2. The molecule has 0 atom stereocenters. The number of nitrogens with one attached hydrogen (secondary N) is 1. The van der Waals surface area contributed by atoms with E-state index in [1.165, 1.54) is 5.52 Å². The lowest BCUT2D eigenvalue weighted by Gasteiger charge is -2.07. The summed E-state index contributed by atoms with van der Waals surface area (Å²) in [6, 6.07) is 12.2. The zero-order valence-electron chi connectivity index (χ0n) is 11.7. The number of fused-ring (bicyclic) bond motifs is 1. The highest BCUT2D eigenvalue weighted by atomic mass is 16.3. The van der Waals surface area contributed by atoms with Gasteiger partial charge in [0.1, 0.15) is 11.6 Å². The lowest BCUT2D eigenvalue weighted by Crippen LogP contribution is -2.16. The van der Waals surface area contributed by atoms with E-state index in [4.69, 9.17) is 4.42 Å². The van der Waals surface area contributed by atoms with E-state index in [0.29, 0.717) is 0 Å². The number of furan rings is 1. The Labute approximate surface area is 118 Å². The second kappa shape index (κ2) is 5.92. The SMILES string of the molecule is Cc1nc2ccccc2n1CCCNCc1ccco1. The highest BCUT2D eigenvalue weighted by Gasteiger charge is 2.05. The van der Waals surface area contributed by atoms with Crippen LogP contribution in [0.15, 0.2) is 47.1 Å². The average Bonchev–Trinajstić information content (AvgIpc) is 3.06. The highest BCUT2D eigenvalue weighted by molar-refractivity contribution is 5.75. The normalized spacial score (nSPS) is 11.2. The molecule has 0 unspecified atom stereocenters. The summed E-state index contributed by atoms with van der Waals surface area (Å²) < 4.78 is 7.57. The van der Waals surface area contributed by atoms with Crippen LogP contribution in [0.4, 0.5) is 0 Å². The minimum atomic E-state index is 0.788. The Hall–Kier alpha value is -2.07. The molecule has 0 spiro atoms. The number of benzene rings is 1. The van der Waals surface area contributed by atoms with Crippen molar-refractivity contribution in [3.05, 3.63) is 54.2 Å². The van der Waals surface area contributed by atoms with Crippen molar-refractivity contribution in [2.45, 2.75) is 26.4 Å². The molecule has 0 fully saturated rings. The Morgan fingerprint density at radius 1 is 1.20 bits per heavy atom. The first-order chi connectivity index (χ1) is 9.84. The Morgan fingerprint density at radius 2 is 2.10 bits per heavy atom. The predicted molar refractivity (Wildman–Crippen MR) is 79.5 cm³/mol. The first kappa shape index (κ1) is 12.9. The van der Waals surface area contributed by atoms with Crippen LogP contribution in [0.2, 0.25) is 0 Å². The molecular weight excluding hydrogens is 250 g/mol. The van der Waals surface area contributed by atoms with Crippen LogP contribution in [0.5, 0.6) is 0 Å². The third-order valence-electron chi connectivity index (χ3n) is 3.46. The molecule has 104 valence electrons. The highest BCUT2D eigenvalue weighted by Crippen LogP contribution is 2.15. The lowest BCUT2D eigenvalue weighted by molar-refractivity contribution is 0.476. The monoisotopic (exact) mass is 269 g/mol. The Kier molecular flexibility index (Phi) is 3.83. The van der Waals surface area contributed by atoms with Crippen LogP contribution in [0, 0.1) is 6.92 Å². The van der Waals surface area contributed by atoms with E-state index < -0.39 is 0 Å². The number of imidazole rings is 1. The fourth-order valence-electron chi connectivity index (χ4n) is 2.47. The number of hydrogen-bond donors (Lipinski definition) is 1. The van der Waals surface area contributed by atoms with Gasteiger partial charge in [0.15, 0.2) is 0 Å². The molecular formula is C16H19N3O. The van der Waals surface area contributed by atoms with Gasteiger partial charge < -0.3 is 14.3 Å². The molecule has 0 aliphatic rings. The van der Waals surface area contributed by atoms with Crippen LogP contribution >= 0.6 is 0 Å². The fourth-order valence-corrected chi connectivity index (χ4v) is 2.47. The molecule has 20 heavy (non-hydrogen) atoms. The van der Waals surface area contributed by atoms with Crippen LogP contribution < -0.4 is 5.32 Å². The van der Waals surface area contributed by atoms with Crippen molar-refractivity contribution >= 4 is 11.0 Å². The predicted octanol–water partition coefficient (Wildman–Crippen LogP) is 3.12. The van der Waals surface area contributed by atoms with Crippen LogP contribution in [-0.4, -0.2) is 16.1 Å². The van der Waals surface area contributed by atoms with Crippen LogP contribution in [-0.2, 0) is 13.1 Å². The molecule has 2 aromatic heterocycles. The summed E-state index contributed by atoms with van der Waals surface area (Å²) in [4.78, 5) is 4.58. The third kappa shape index (κ3) is 2.75. The smallest absolute Gasteiger partial charge is 0.117 e. The molecule has 0 amide bonds. The lowest BCUT2D eigenvalue weighted by atomic mass is 10.3. The van der Waals surface area contributed by atoms with Crippen molar-refractivity contribution in [2.24, 2.45) is 0 Å². The fraction of sp³-hybridized carbons (Fsp3) is 0.312. The maximum Gasteiger partial charge on any atom is 0.117 e. The summed E-state index contributed by atoms with van der Waals surface area (Å²) in [5.41, 5.74) is 2.30. The van der Waals surface area contributed by atoms with Crippen LogP contribution in [0.3, 0.4) is 0 Å². The largest absolute Gasteiger partial charge is 0.468 e. The molecule has 0 saturated carbocycles. The van der Waals surface area contributed by atoms with E-state index in [0.717, 1.165) is 43.2 Å². The van der Waals surface area contributed by atoms with Crippen molar-refractivity contribution in [3.8, 4) is 0 Å². The average molecular weight is 269 g/mol. The van der Waals surface area contributed by atoms with Gasteiger partial charge in [-0.1, -0.05) is 12.1 Å². The van der Waals surface area contributed by atoms with E-state index >= 15 is 0 Å². The molecule has 0 bridgehead atoms. The van der Waals surface area contributed by atoms with Gasteiger partial charge in [0.2, 0.25) is 0 Å². The van der Waals surface area contributed by atoms with Gasteiger partial charge >= 0.3 is 0 Å². The van der Waals surface area contributed by atoms with Crippen molar-refractivity contribution in [1.82, 2.24) is 14.9 Å². The maximum absolute atomic E-state index is 5.29. The van der Waals surface area contributed by atoms with Gasteiger partial charge in [-0.2, -0.15) is 0 Å². The van der Waals surface area contributed by atoms with E-state index in [2.05, 4.69) is 40.0 Å². The zero-order valence-corrected chi connectivity index (χ0v) is 11.7. The van der Waals surface area contributed by atoms with Gasteiger partial charge in [0.25, 0.3) is 0 Å². The number of rotatable bonds is 6. The van der Waals surface area contributed by atoms with Crippen LogP contribution in [0.1, 0.15) is 18.0 Å². The molecule has 1 N–H and O–H groups in total. The van der Waals surface area contributed by atoms with Gasteiger partial charge in [0, 0.05) is 6.54 Å². The van der Waals surface area contributed by atoms with E-state index in [1.807, 2.05) is 18.2 Å². The Morgan fingerprint density at radius 3 is 2.95 bits per heavy atom. The summed E-state index contributed by atoms with van der Waals surface area (Å²) in [6.45, 7) is 4.80. The van der Waals surface area contributed by atoms with E-state index in [9.17, 15) is 0 Å². The molecule has 4 nitrogen and oxygen atoms in total. The first-order valence-corrected chi connectivity index (χ1v) is 6.99. The molecule has 3 aromatic rings. The minimum Gasteiger partial charge on any atom is -0.468 e. The van der Waals surface area contributed by atoms with Gasteiger partial charge in [-0.15, -0.1) is 0 Å². The van der Waals surface area contributed by atoms with Crippen molar-refractivity contribution in [3.63, 3.8) is 0 Å². The van der Waals surface area contributed by atoms with Crippen molar-refractivity contribution in [2.75, 3.05) is 6.54 Å². The second-order valence-corrected chi connectivity index (χ2v) is 4.91.